The molecule has 1 heterocycles. The standard InChI is InChI=1S/C15H16Cl2IN3/c1-8(2)7-11-13(18)15(19-3)21-14(20-11)12-9(16)5-4-6-10(12)17/h4-6,8H,7H2,1-3H3,(H,19,20,21). The van der Waals surface area contributed by atoms with Crippen LogP contribution in [0.4, 0.5) is 5.82 Å². The minimum absolute atomic E-state index is 0.507. The molecule has 2 aromatic rings. The molecule has 0 bridgehead atoms. The molecule has 21 heavy (non-hydrogen) atoms. The Morgan fingerprint density at radius 1 is 1.19 bits per heavy atom. The molecule has 0 aliphatic heterocycles. The van der Waals surface area contributed by atoms with Gasteiger partial charge < -0.3 is 5.32 Å². The van der Waals surface area contributed by atoms with Crippen molar-refractivity contribution in [2.75, 3.05) is 12.4 Å². The van der Waals surface area contributed by atoms with Crippen molar-refractivity contribution in [2.24, 2.45) is 5.92 Å². The first-order valence-corrected chi connectivity index (χ1v) is 8.46. The lowest BCUT2D eigenvalue weighted by Crippen LogP contribution is -2.08. The van der Waals surface area contributed by atoms with Crippen LogP contribution in [0.2, 0.25) is 10.0 Å². The van der Waals surface area contributed by atoms with Gasteiger partial charge in [0.1, 0.15) is 5.82 Å². The van der Waals surface area contributed by atoms with Crippen LogP contribution in [0.15, 0.2) is 18.2 Å². The van der Waals surface area contributed by atoms with E-state index in [-0.39, 0.29) is 0 Å². The van der Waals surface area contributed by atoms with E-state index >= 15 is 0 Å². The minimum Gasteiger partial charge on any atom is -0.372 e. The number of nitrogens with one attached hydrogen (secondary N) is 1. The molecule has 0 spiro atoms. The summed E-state index contributed by atoms with van der Waals surface area (Å²) in [6, 6.07) is 5.41. The fourth-order valence-corrected chi connectivity index (χ4v) is 3.30. The van der Waals surface area contributed by atoms with Gasteiger partial charge in [0.15, 0.2) is 5.82 Å². The summed E-state index contributed by atoms with van der Waals surface area (Å²) in [6.07, 6.45) is 0.880. The van der Waals surface area contributed by atoms with Gasteiger partial charge in [-0.1, -0.05) is 43.1 Å². The molecule has 112 valence electrons. The quantitative estimate of drug-likeness (QED) is 0.662. The first-order valence-electron chi connectivity index (χ1n) is 6.62. The second-order valence-electron chi connectivity index (χ2n) is 5.10. The van der Waals surface area contributed by atoms with Crippen molar-refractivity contribution in [1.29, 1.82) is 0 Å². The van der Waals surface area contributed by atoms with Crippen LogP contribution < -0.4 is 5.32 Å². The van der Waals surface area contributed by atoms with E-state index in [1.54, 1.807) is 12.1 Å². The highest BCUT2D eigenvalue weighted by molar-refractivity contribution is 14.1. The van der Waals surface area contributed by atoms with Crippen molar-refractivity contribution >= 4 is 51.6 Å². The molecule has 0 fully saturated rings. The Morgan fingerprint density at radius 3 is 2.33 bits per heavy atom. The zero-order chi connectivity index (χ0) is 15.6. The van der Waals surface area contributed by atoms with Gasteiger partial charge in [-0.2, -0.15) is 0 Å². The van der Waals surface area contributed by atoms with Crippen molar-refractivity contribution in [3.63, 3.8) is 0 Å². The number of aromatic nitrogens is 2. The molecule has 0 saturated carbocycles. The van der Waals surface area contributed by atoms with Crippen LogP contribution in [0.3, 0.4) is 0 Å². The maximum atomic E-state index is 6.27. The second kappa shape index (κ2) is 7.11. The smallest absolute Gasteiger partial charge is 0.164 e. The maximum absolute atomic E-state index is 6.27. The number of hydrogen-bond donors (Lipinski definition) is 1. The number of benzene rings is 1. The normalized spacial score (nSPS) is 11.0. The summed E-state index contributed by atoms with van der Waals surface area (Å²) < 4.78 is 1.04. The van der Waals surface area contributed by atoms with Gasteiger partial charge in [0.2, 0.25) is 0 Å². The van der Waals surface area contributed by atoms with Gasteiger partial charge >= 0.3 is 0 Å². The van der Waals surface area contributed by atoms with E-state index in [9.17, 15) is 0 Å². The zero-order valence-electron chi connectivity index (χ0n) is 12.0. The van der Waals surface area contributed by atoms with Crippen molar-refractivity contribution < 1.29 is 0 Å². The summed E-state index contributed by atoms with van der Waals surface area (Å²) in [5.74, 6) is 1.87. The SMILES string of the molecule is CNc1nc(-c2c(Cl)cccc2Cl)nc(CC(C)C)c1I. The van der Waals surface area contributed by atoms with E-state index in [2.05, 4.69) is 51.7 Å². The predicted molar refractivity (Wildman–Crippen MR) is 98.3 cm³/mol. The average molecular weight is 436 g/mol. The third-order valence-electron chi connectivity index (χ3n) is 2.94. The lowest BCUT2D eigenvalue weighted by molar-refractivity contribution is 0.632. The first kappa shape index (κ1) is 16.8. The van der Waals surface area contributed by atoms with Gasteiger partial charge in [0, 0.05) is 7.05 Å². The number of rotatable bonds is 4. The van der Waals surface area contributed by atoms with Crippen LogP contribution in [-0.4, -0.2) is 17.0 Å². The van der Waals surface area contributed by atoms with Crippen molar-refractivity contribution in [3.8, 4) is 11.4 Å². The number of anilines is 1. The van der Waals surface area contributed by atoms with E-state index in [4.69, 9.17) is 23.2 Å². The van der Waals surface area contributed by atoms with E-state index in [1.165, 1.54) is 0 Å². The van der Waals surface area contributed by atoms with Crippen molar-refractivity contribution in [2.45, 2.75) is 20.3 Å². The third-order valence-corrected chi connectivity index (χ3v) is 4.71. The van der Waals surface area contributed by atoms with Gasteiger partial charge in [0.25, 0.3) is 0 Å². The molecule has 3 nitrogen and oxygen atoms in total. The monoisotopic (exact) mass is 435 g/mol. The van der Waals surface area contributed by atoms with Gasteiger partial charge in [0.05, 0.1) is 24.9 Å². The van der Waals surface area contributed by atoms with Crippen LogP contribution in [-0.2, 0) is 6.42 Å². The summed E-state index contributed by atoms with van der Waals surface area (Å²) in [4.78, 5) is 9.24. The van der Waals surface area contributed by atoms with Gasteiger partial charge in [-0.3, -0.25) is 0 Å². The lowest BCUT2D eigenvalue weighted by Gasteiger charge is -2.14. The Bertz CT molecular complexity index is 639. The Balaban J connectivity index is 2.64. The Hall–Kier alpha value is -0.590. The molecule has 0 aliphatic carbocycles. The molecule has 0 radical (unpaired) electrons. The molecule has 6 heteroatoms. The molecule has 2 rings (SSSR count). The van der Waals surface area contributed by atoms with Crippen LogP contribution >= 0.6 is 45.8 Å². The molecule has 1 aromatic heterocycles. The summed E-state index contributed by atoms with van der Waals surface area (Å²) >= 11 is 14.8. The number of hydrogen-bond acceptors (Lipinski definition) is 3. The summed E-state index contributed by atoms with van der Waals surface area (Å²) in [5.41, 5.74) is 1.69. The van der Waals surface area contributed by atoms with Gasteiger partial charge in [-0.15, -0.1) is 0 Å². The highest BCUT2D eigenvalue weighted by atomic mass is 127. The van der Waals surface area contributed by atoms with Crippen LogP contribution in [0.25, 0.3) is 11.4 Å². The fraction of sp³-hybridized carbons (Fsp3) is 0.333. The van der Waals surface area contributed by atoms with E-state index in [0.29, 0.717) is 27.4 Å². The van der Waals surface area contributed by atoms with E-state index < -0.39 is 0 Å². The van der Waals surface area contributed by atoms with Gasteiger partial charge in [-0.05, 0) is 47.1 Å². The largest absolute Gasteiger partial charge is 0.372 e. The van der Waals surface area contributed by atoms with Gasteiger partial charge in [-0.25, -0.2) is 9.97 Å². The molecule has 0 amide bonds. The average Bonchev–Trinajstić information content (AvgIpc) is 2.41. The Labute approximate surface area is 148 Å². The molecular formula is C15H16Cl2IN3. The molecule has 0 saturated heterocycles. The highest BCUT2D eigenvalue weighted by Gasteiger charge is 2.17. The fourth-order valence-electron chi connectivity index (χ4n) is 2.00. The Kier molecular flexibility index (Phi) is 5.68. The van der Waals surface area contributed by atoms with E-state index in [1.807, 2.05) is 13.1 Å². The molecule has 0 aliphatic rings. The zero-order valence-corrected chi connectivity index (χ0v) is 15.7. The summed E-state index contributed by atoms with van der Waals surface area (Å²) in [7, 11) is 1.85. The molecule has 1 N–H and O–H groups in total. The predicted octanol–water partition coefficient (Wildman–Crippen LogP) is 5.30. The van der Waals surface area contributed by atoms with Crippen molar-refractivity contribution in [1.82, 2.24) is 9.97 Å². The Morgan fingerprint density at radius 2 is 1.81 bits per heavy atom. The molecule has 0 unspecified atom stereocenters. The minimum atomic E-state index is 0.507. The molecule has 1 aromatic carbocycles. The van der Waals surface area contributed by atoms with Crippen molar-refractivity contribution in [3.05, 3.63) is 37.5 Å². The van der Waals surface area contributed by atoms with Crippen LogP contribution in [0.1, 0.15) is 19.5 Å². The lowest BCUT2D eigenvalue weighted by atomic mass is 10.1. The number of halogens is 3. The second-order valence-corrected chi connectivity index (χ2v) is 6.99. The first-order chi connectivity index (χ1) is 9.93. The van der Waals surface area contributed by atoms with Crippen LogP contribution in [0.5, 0.6) is 0 Å². The highest BCUT2D eigenvalue weighted by Crippen LogP contribution is 2.34. The maximum Gasteiger partial charge on any atom is 0.164 e. The van der Waals surface area contributed by atoms with Crippen LogP contribution in [0, 0.1) is 9.49 Å². The van der Waals surface area contributed by atoms with E-state index in [0.717, 1.165) is 21.5 Å². The molecule has 0 atom stereocenters. The summed E-state index contributed by atoms with van der Waals surface area (Å²) in [5, 5.41) is 4.23. The third kappa shape index (κ3) is 3.79. The summed E-state index contributed by atoms with van der Waals surface area (Å²) in [6.45, 7) is 4.33. The topological polar surface area (TPSA) is 37.8 Å². The number of nitrogens with zero attached hydrogens (tertiary/aromatic N) is 2. The molecular weight excluding hydrogens is 420 g/mol.